The number of hydrogen-bond donors (Lipinski definition) is 1. The van der Waals surface area contributed by atoms with Gasteiger partial charge in [0.1, 0.15) is 18.5 Å². The third kappa shape index (κ3) is 4.58. The molecule has 0 radical (unpaired) electrons. The van der Waals surface area contributed by atoms with Crippen LogP contribution >= 0.6 is 23.2 Å². The summed E-state index contributed by atoms with van der Waals surface area (Å²) in [6.07, 6.45) is -0.540. The summed E-state index contributed by atoms with van der Waals surface area (Å²) in [6, 6.07) is 4.99. The highest BCUT2D eigenvalue weighted by molar-refractivity contribution is 6.35. The highest BCUT2D eigenvalue weighted by atomic mass is 35.5. The molecule has 0 aromatic heterocycles. The van der Waals surface area contributed by atoms with Crippen molar-refractivity contribution in [1.82, 2.24) is 4.90 Å². The second-order valence-corrected chi connectivity index (χ2v) is 4.65. The van der Waals surface area contributed by atoms with Crippen LogP contribution < -0.4 is 4.74 Å². The zero-order valence-electron chi connectivity index (χ0n) is 9.28. The van der Waals surface area contributed by atoms with Gasteiger partial charge in [-0.2, -0.15) is 0 Å². The van der Waals surface area contributed by atoms with E-state index in [4.69, 9.17) is 27.9 Å². The van der Waals surface area contributed by atoms with E-state index in [2.05, 4.69) is 0 Å². The summed E-state index contributed by atoms with van der Waals surface area (Å²) in [5.41, 5.74) is 0. The first-order chi connectivity index (χ1) is 7.49. The first-order valence-corrected chi connectivity index (χ1v) is 5.65. The average Bonchev–Trinajstić information content (AvgIpc) is 2.15. The number of aliphatic hydroxyl groups is 1. The lowest BCUT2D eigenvalue weighted by Crippen LogP contribution is -2.30. The van der Waals surface area contributed by atoms with Crippen molar-refractivity contribution in [3.8, 4) is 5.75 Å². The molecule has 0 spiro atoms. The van der Waals surface area contributed by atoms with Gasteiger partial charge in [0.2, 0.25) is 0 Å². The Hall–Kier alpha value is -0.480. The topological polar surface area (TPSA) is 32.7 Å². The van der Waals surface area contributed by atoms with Crippen LogP contribution in [0.2, 0.25) is 10.0 Å². The smallest absolute Gasteiger partial charge is 0.138 e. The summed E-state index contributed by atoms with van der Waals surface area (Å²) in [7, 11) is 3.77. The quantitative estimate of drug-likeness (QED) is 0.885. The molecule has 0 amide bonds. The highest BCUT2D eigenvalue weighted by Crippen LogP contribution is 2.27. The van der Waals surface area contributed by atoms with Crippen molar-refractivity contribution in [3.05, 3.63) is 28.2 Å². The van der Waals surface area contributed by atoms with Crippen molar-refractivity contribution >= 4 is 23.2 Å². The number of likely N-dealkylation sites (N-methyl/N-ethyl adjacent to an activating group) is 1. The Morgan fingerprint density at radius 3 is 2.62 bits per heavy atom. The van der Waals surface area contributed by atoms with E-state index in [1.165, 1.54) is 0 Å². The maximum atomic E-state index is 9.59. The van der Waals surface area contributed by atoms with Gasteiger partial charge in [-0.15, -0.1) is 0 Å². The molecular formula is C11H15Cl2NO2. The maximum absolute atomic E-state index is 9.59. The molecule has 1 N–H and O–H groups in total. The molecule has 3 nitrogen and oxygen atoms in total. The first kappa shape index (κ1) is 13.6. The number of nitrogens with zero attached hydrogens (tertiary/aromatic N) is 1. The van der Waals surface area contributed by atoms with Gasteiger partial charge in [-0.3, -0.25) is 0 Å². The number of halogens is 2. The van der Waals surface area contributed by atoms with Gasteiger partial charge in [-0.05, 0) is 32.3 Å². The molecule has 5 heteroatoms. The molecule has 90 valence electrons. The molecule has 1 atom stereocenters. The minimum atomic E-state index is -0.540. The lowest BCUT2D eigenvalue weighted by Gasteiger charge is -2.16. The van der Waals surface area contributed by atoms with Gasteiger partial charge in [-0.25, -0.2) is 0 Å². The van der Waals surface area contributed by atoms with E-state index in [1.54, 1.807) is 18.2 Å². The van der Waals surface area contributed by atoms with Gasteiger partial charge < -0.3 is 14.7 Å². The molecule has 0 saturated carbocycles. The molecule has 0 aliphatic heterocycles. The van der Waals surface area contributed by atoms with Crippen LogP contribution in [0.25, 0.3) is 0 Å². The van der Waals surface area contributed by atoms with E-state index in [9.17, 15) is 5.11 Å². The predicted octanol–water partition coefficient (Wildman–Crippen LogP) is 2.29. The SMILES string of the molecule is CN(C)CC(O)COc1ccc(Cl)cc1Cl. The lowest BCUT2D eigenvalue weighted by molar-refractivity contribution is 0.0831. The molecule has 1 rings (SSSR count). The van der Waals surface area contributed by atoms with E-state index >= 15 is 0 Å². The van der Waals surface area contributed by atoms with Crippen LogP contribution in [0, 0.1) is 0 Å². The van der Waals surface area contributed by atoms with Gasteiger partial charge in [0.25, 0.3) is 0 Å². The Kier molecular flexibility index (Phi) is 5.35. The van der Waals surface area contributed by atoms with Gasteiger partial charge in [0.05, 0.1) is 5.02 Å². The van der Waals surface area contributed by atoms with Gasteiger partial charge in [0.15, 0.2) is 0 Å². The average molecular weight is 264 g/mol. The second-order valence-electron chi connectivity index (χ2n) is 3.80. The molecular weight excluding hydrogens is 249 g/mol. The van der Waals surface area contributed by atoms with Crippen LogP contribution in [0.1, 0.15) is 0 Å². The molecule has 0 aliphatic rings. The normalized spacial score (nSPS) is 12.9. The molecule has 0 fully saturated rings. The zero-order chi connectivity index (χ0) is 12.1. The third-order valence-electron chi connectivity index (χ3n) is 1.90. The molecule has 1 aromatic carbocycles. The molecule has 0 bridgehead atoms. The summed E-state index contributed by atoms with van der Waals surface area (Å²) >= 11 is 11.7. The van der Waals surface area contributed by atoms with Crippen LogP contribution in [0.3, 0.4) is 0 Å². The van der Waals surface area contributed by atoms with Crippen LogP contribution in [0.15, 0.2) is 18.2 Å². The second kappa shape index (κ2) is 6.30. The fourth-order valence-corrected chi connectivity index (χ4v) is 1.72. The standard InChI is InChI=1S/C11H15Cl2NO2/c1-14(2)6-9(15)7-16-11-4-3-8(12)5-10(11)13/h3-5,9,15H,6-7H2,1-2H3. The first-order valence-electron chi connectivity index (χ1n) is 4.89. The number of ether oxygens (including phenoxy) is 1. The lowest BCUT2D eigenvalue weighted by atomic mass is 10.3. The fourth-order valence-electron chi connectivity index (χ4n) is 1.25. The Balaban J connectivity index is 2.48. The van der Waals surface area contributed by atoms with Crippen molar-refractivity contribution in [1.29, 1.82) is 0 Å². The Bertz CT molecular complexity index is 345. The van der Waals surface area contributed by atoms with E-state index in [0.29, 0.717) is 22.3 Å². The monoisotopic (exact) mass is 263 g/mol. The number of benzene rings is 1. The Morgan fingerprint density at radius 2 is 2.06 bits per heavy atom. The largest absolute Gasteiger partial charge is 0.489 e. The van der Waals surface area contributed by atoms with Crippen molar-refractivity contribution in [2.24, 2.45) is 0 Å². The van der Waals surface area contributed by atoms with Gasteiger partial charge >= 0.3 is 0 Å². The van der Waals surface area contributed by atoms with Crippen molar-refractivity contribution < 1.29 is 9.84 Å². The number of rotatable bonds is 5. The Morgan fingerprint density at radius 1 is 1.38 bits per heavy atom. The molecule has 1 aromatic rings. The van der Waals surface area contributed by atoms with Gasteiger partial charge in [-0.1, -0.05) is 23.2 Å². The van der Waals surface area contributed by atoms with Crippen molar-refractivity contribution in [2.45, 2.75) is 6.10 Å². The third-order valence-corrected chi connectivity index (χ3v) is 2.43. The van der Waals surface area contributed by atoms with Crippen LogP contribution in [0.5, 0.6) is 5.75 Å². The van der Waals surface area contributed by atoms with Crippen molar-refractivity contribution in [2.75, 3.05) is 27.2 Å². The summed E-state index contributed by atoms with van der Waals surface area (Å²) in [5, 5.41) is 10.6. The summed E-state index contributed by atoms with van der Waals surface area (Å²) in [4.78, 5) is 1.89. The maximum Gasteiger partial charge on any atom is 0.138 e. The van der Waals surface area contributed by atoms with Crippen LogP contribution in [-0.2, 0) is 0 Å². The zero-order valence-corrected chi connectivity index (χ0v) is 10.8. The van der Waals surface area contributed by atoms with E-state index in [-0.39, 0.29) is 6.61 Å². The molecule has 0 heterocycles. The number of hydrogen-bond acceptors (Lipinski definition) is 3. The minimum Gasteiger partial charge on any atom is -0.489 e. The predicted molar refractivity (Wildman–Crippen MR) is 66.5 cm³/mol. The van der Waals surface area contributed by atoms with Crippen LogP contribution in [-0.4, -0.2) is 43.4 Å². The highest BCUT2D eigenvalue weighted by Gasteiger charge is 2.08. The van der Waals surface area contributed by atoms with E-state index in [0.717, 1.165) is 0 Å². The minimum absolute atomic E-state index is 0.208. The summed E-state index contributed by atoms with van der Waals surface area (Å²) < 4.78 is 5.39. The molecule has 16 heavy (non-hydrogen) atoms. The molecule has 1 unspecified atom stereocenters. The summed E-state index contributed by atoms with van der Waals surface area (Å²) in [6.45, 7) is 0.755. The van der Waals surface area contributed by atoms with Gasteiger partial charge in [0, 0.05) is 11.6 Å². The molecule has 0 saturated heterocycles. The fraction of sp³-hybridized carbons (Fsp3) is 0.455. The Labute approximate surface area is 106 Å². The number of aliphatic hydroxyl groups excluding tert-OH is 1. The van der Waals surface area contributed by atoms with Crippen LogP contribution in [0.4, 0.5) is 0 Å². The van der Waals surface area contributed by atoms with E-state index in [1.807, 2.05) is 19.0 Å². The van der Waals surface area contributed by atoms with E-state index < -0.39 is 6.10 Å². The molecule has 0 aliphatic carbocycles. The van der Waals surface area contributed by atoms with Crippen molar-refractivity contribution in [3.63, 3.8) is 0 Å². The summed E-state index contributed by atoms with van der Waals surface area (Å²) in [5.74, 6) is 0.531.